The first-order chi connectivity index (χ1) is 13.5. The zero-order valence-electron chi connectivity index (χ0n) is 15.8. The lowest BCUT2D eigenvalue weighted by atomic mass is 9.88. The molecule has 28 heavy (non-hydrogen) atoms. The highest BCUT2D eigenvalue weighted by molar-refractivity contribution is 7.16. The number of nitriles is 1. The Morgan fingerprint density at radius 2 is 2.14 bits per heavy atom. The molecule has 144 valence electrons. The zero-order chi connectivity index (χ0) is 19.8. The van der Waals surface area contributed by atoms with Crippen LogP contribution >= 0.6 is 11.3 Å². The van der Waals surface area contributed by atoms with E-state index in [9.17, 15) is 14.9 Å². The number of benzene rings is 1. The van der Waals surface area contributed by atoms with E-state index in [0.29, 0.717) is 27.9 Å². The number of hydrogen-bond acceptors (Lipinski definition) is 5. The number of thiophene rings is 1. The maximum absolute atomic E-state index is 12.9. The first-order valence-corrected chi connectivity index (χ1v) is 10.2. The van der Waals surface area contributed by atoms with Crippen molar-refractivity contribution >= 4 is 33.8 Å². The topological polar surface area (TPSA) is 82.4 Å². The van der Waals surface area contributed by atoms with Crippen LogP contribution in [0.25, 0.3) is 0 Å². The molecule has 0 radical (unpaired) electrons. The number of amides is 2. The van der Waals surface area contributed by atoms with Crippen molar-refractivity contribution in [3.8, 4) is 11.8 Å². The van der Waals surface area contributed by atoms with Gasteiger partial charge in [0.25, 0.3) is 5.91 Å². The second kappa shape index (κ2) is 7.28. The Balaban J connectivity index is 1.58. The fraction of sp³-hybridized carbons (Fsp3) is 0.381. The second-order valence-electron chi connectivity index (χ2n) is 7.36. The first kappa shape index (κ1) is 18.5. The third kappa shape index (κ3) is 3.25. The van der Waals surface area contributed by atoms with Gasteiger partial charge in [0.1, 0.15) is 16.8 Å². The number of para-hydroxylation sites is 2. The molecule has 0 bridgehead atoms. The molecule has 7 heteroatoms. The Labute approximate surface area is 167 Å². The van der Waals surface area contributed by atoms with Crippen molar-refractivity contribution in [3.63, 3.8) is 0 Å². The van der Waals surface area contributed by atoms with Crippen LogP contribution in [0.5, 0.6) is 5.75 Å². The molecule has 2 heterocycles. The van der Waals surface area contributed by atoms with E-state index < -0.39 is 6.10 Å². The lowest BCUT2D eigenvalue weighted by Gasteiger charge is -2.33. The van der Waals surface area contributed by atoms with E-state index in [4.69, 9.17) is 4.74 Å². The SMILES string of the molecule is CC(=O)N1C[C@@H](C(=O)Nc2sc3c(c2C#N)CC[C@@H](C)C3)Oc2ccccc21. The molecular formula is C21H21N3O3S. The van der Waals surface area contributed by atoms with E-state index in [2.05, 4.69) is 18.3 Å². The molecule has 1 aromatic carbocycles. The predicted molar refractivity (Wildman–Crippen MR) is 108 cm³/mol. The van der Waals surface area contributed by atoms with Gasteiger partial charge in [-0.3, -0.25) is 9.59 Å². The number of anilines is 2. The predicted octanol–water partition coefficient (Wildman–Crippen LogP) is 3.50. The Morgan fingerprint density at radius 3 is 2.89 bits per heavy atom. The van der Waals surface area contributed by atoms with Crippen molar-refractivity contribution in [2.75, 3.05) is 16.8 Å². The summed E-state index contributed by atoms with van der Waals surface area (Å²) < 4.78 is 5.85. The molecule has 0 spiro atoms. The Kier molecular flexibility index (Phi) is 4.82. The standard InChI is InChI=1S/C21H21N3O3S/c1-12-7-8-14-15(10-22)21(28-19(14)9-12)23-20(26)18-11-24(13(2)25)16-5-3-4-6-17(16)27-18/h3-6,12,18H,7-9,11H2,1-2H3,(H,23,26)/t12-,18+/m1/s1. The number of carbonyl (C=O) groups excluding carboxylic acids is 2. The number of hydrogen-bond donors (Lipinski definition) is 1. The number of nitrogens with one attached hydrogen (secondary N) is 1. The van der Waals surface area contributed by atoms with Gasteiger partial charge in [-0.15, -0.1) is 11.3 Å². The third-order valence-electron chi connectivity index (χ3n) is 5.31. The highest BCUT2D eigenvalue weighted by Gasteiger charge is 2.34. The molecular weight excluding hydrogens is 374 g/mol. The van der Waals surface area contributed by atoms with Crippen LogP contribution in [0.4, 0.5) is 10.7 Å². The van der Waals surface area contributed by atoms with E-state index in [1.54, 1.807) is 23.1 Å². The van der Waals surface area contributed by atoms with Gasteiger partial charge in [0, 0.05) is 11.8 Å². The Hall–Kier alpha value is -2.85. The fourth-order valence-corrected chi connectivity index (χ4v) is 5.18. The normalized spacial score (nSPS) is 20.4. The number of fused-ring (bicyclic) bond motifs is 2. The zero-order valence-corrected chi connectivity index (χ0v) is 16.6. The monoisotopic (exact) mass is 395 g/mol. The summed E-state index contributed by atoms with van der Waals surface area (Å²) in [5.41, 5.74) is 2.30. The van der Waals surface area contributed by atoms with Crippen LogP contribution in [-0.2, 0) is 22.4 Å². The van der Waals surface area contributed by atoms with Gasteiger partial charge in [0.05, 0.1) is 17.8 Å². The smallest absolute Gasteiger partial charge is 0.267 e. The van der Waals surface area contributed by atoms with Crippen LogP contribution in [0.3, 0.4) is 0 Å². The summed E-state index contributed by atoms with van der Waals surface area (Å²) >= 11 is 1.48. The van der Waals surface area contributed by atoms with Crippen LogP contribution in [0.1, 0.15) is 36.3 Å². The lowest BCUT2D eigenvalue weighted by molar-refractivity contribution is -0.123. The van der Waals surface area contributed by atoms with Gasteiger partial charge in [0.2, 0.25) is 5.91 Å². The van der Waals surface area contributed by atoms with Crippen LogP contribution in [0.2, 0.25) is 0 Å². The first-order valence-electron chi connectivity index (χ1n) is 9.37. The van der Waals surface area contributed by atoms with Crippen molar-refractivity contribution in [1.82, 2.24) is 0 Å². The number of carbonyl (C=O) groups is 2. The molecule has 0 unspecified atom stereocenters. The highest BCUT2D eigenvalue weighted by atomic mass is 32.1. The molecule has 2 amide bonds. The summed E-state index contributed by atoms with van der Waals surface area (Å²) in [6.07, 6.45) is 2.04. The number of rotatable bonds is 2. The molecule has 1 aliphatic carbocycles. The van der Waals surface area contributed by atoms with E-state index >= 15 is 0 Å². The lowest BCUT2D eigenvalue weighted by Crippen LogP contribution is -2.48. The third-order valence-corrected chi connectivity index (χ3v) is 6.48. The summed E-state index contributed by atoms with van der Waals surface area (Å²) in [4.78, 5) is 27.7. The van der Waals surface area contributed by atoms with E-state index in [1.807, 2.05) is 6.07 Å². The van der Waals surface area contributed by atoms with Crippen molar-refractivity contribution in [3.05, 3.63) is 40.3 Å². The molecule has 6 nitrogen and oxygen atoms in total. The Bertz CT molecular complexity index is 991. The van der Waals surface area contributed by atoms with Gasteiger partial charge < -0.3 is 15.0 Å². The van der Waals surface area contributed by atoms with Crippen molar-refractivity contribution in [1.29, 1.82) is 5.26 Å². The minimum Gasteiger partial charge on any atom is -0.476 e. The number of nitrogens with zero attached hydrogens (tertiary/aromatic N) is 2. The van der Waals surface area contributed by atoms with E-state index in [1.165, 1.54) is 23.1 Å². The molecule has 4 rings (SSSR count). The molecule has 1 N–H and O–H groups in total. The van der Waals surface area contributed by atoms with Gasteiger partial charge >= 0.3 is 0 Å². The largest absolute Gasteiger partial charge is 0.476 e. The summed E-state index contributed by atoms with van der Waals surface area (Å²) in [7, 11) is 0. The van der Waals surface area contributed by atoms with Gasteiger partial charge in [0.15, 0.2) is 6.10 Å². The second-order valence-corrected chi connectivity index (χ2v) is 8.47. The van der Waals surface area contributed by atoms with Crippen molar-refractivity contribution in [2.45, 2.75) is 39.2 Å². The van der Waals surface area contributed by atoms with Gasteiger partial charge in [-0.2, -0.15) is 5.26 Å². The molecule has 2 aromatic rings. The maximum Gasteiger partial charge on any atom is 0.267 e. The quantitative estimate of drug-likeness (QED) is 0.844. The van der Waals surface area contributed by atoms with E-state index in [0.717, 1.165) is 24.8 Å². The molecule has 1 aromatic heterocycles. The van der Waals surface area contributed by atoms with E-state index in [-0.39, 0.29) is 18.4 Å². The van der Waals surface area contributed by atoms with Crippen LogP contribution in [0.15, 0.2) is 24.3 Å². The minimum absolute atomic E-state index is 0.141. The minimum atomic E-state index is -0.830. The van der Waals surface area contributed by atoms with Crippen LogP contribution in [0, 0.1) is 17.2 Å². The summed E-state index contributed by atoms with van der Waals surface area (Å²) in [5, 5.41) is 13.1. The van der Waals surface area contributed by atoms with Gasteiger partial charge in [-0.1, -0.05) is 19.1 Å². The summed E-state index contributed by atoms with van der Waals surface area (Å²) in [5.74, 6) is 0.600. The van der Waals surface area contributed by atoms with Crippen LogP contribution in [-0.4, -0.2) is 24.5 Å². The molecule has 2 atom stereocenters. The summed E-state index contributed by atoms with van der Waals surface area (Å²) in [6.45, 7) is 3.82. The van der Waals surface area contributed by atoms with Crippen molar-refractivity contribution < 1.29 is 14.3 Å². The molecule has 0 saturated carbocycles. The van der Waals surface area contributed by atoms with Gasteiger partial charge in [-0.05, 0) is 42.9 Å². The Morgan fingerprint density at radius 1 is 1.36 bits per heavy atom. The molecule has 1 aliphatic heterocycles. The molecule has 2 aliphatic rings. The fourth-order valence-electron chi connectivity index (χ4n) is 3.82. The van der Waals surface area contributed by atoms with Crippen molar-refractivity contribution in [2.24, 2.45) is 5.92 Å². The molecule has 0 saturated heterocycles. The maximum atomic E-state index is 12.9. The molecule has 0 fully saturated rings. The van der Waals surface area contributed by atoms with Gasteiger partial charge in [-0.25, -0.2) is 0 Å². The number of ether oxygens (including phenoxy) is 1. The average molecular weight is 395 g/mol. The van der Waals surface area contributed by atoms with Crippen LogP contribution < -0.4 is 15.0 Å². The summed E-state index contributed by atoms with van der Waals surface area (Å²) in [6, 6.07) is 9.44. The highest BCUT2D eigenvalue weighted by Crippen LogP contribution is 2.39. The average Bonchev–Trinajstić information content (AvgIpc) is 3.02.